The number of nitrogens with one attached hydrogen (secondary N) is 1. The lowest BCUT2D eigenvalue weighted by molar-refractivity contribution is -0.0120. The minimum Gasteiger partial charge on any atom is -0.365 e. The van der Waals surface area contributed by atoms with Gasteiger partial charge in [-0.25, -0.2) is 19.2 Å². The van der Waals surface area contributed by atoms with Crippen LogP contribution in [0.5, 0.6) is 0 Å². The Kier molecular flexibility index (Phi) is 5.58. The average Bonchev–Trinajstić information content (AvgIpc) is 2.85. The van der Waals surface area contributed by atoms with Crippen molar-refractivity contribution in [1.29, 1.82) is 0 Å². The normalized spacial score (nSPS) is 31.3. The lowest BCUT2D eigenvalue weighted by Gasteiger charge is -2.54. The summed E-state index contributed by atoms with van der Waals surface area (Å²) >= 11 is 0. The van der Waals surface area contributed by atoms with Crippen molar-refractivity contribution < 1.29 is 9.18 Å². The zero-order valence-electron chi connectivity index (χ0n) is 20.0. The first-order valence-electron chi connectivity index (χ1n) is 12.8. The predicted octanol–water partition coefficient (Wildman–Crippen LogP) is 4.44. The van der Waals surface area contributed by atoms with Gasteiger partial charge in [0.05, 0.1) is 12.3 Å². The van der Waals surface area contributed by atoms with Crippen molar-refractivity contribution in [3.63, 3.8) is 0 Å². The largest absolute Gasteiger partial charge is 0.365 e. The number of benzene rings is 1. The quantitative estimate of drug-likeness (QED) is 0.664. The Hall–Kier alpha value is -3.21. The highest BCUT2D eigenvalue weighted by Gasteiger charge is 2.48. The van der Waals surface area contributed by atoms with E-state index in [0.29, 0.717) is 54.5 Å². The average molecular weight is 475 g/mol. The standard InChI is InChI=1S/C27H31FN6O/c1-16-15-33(24-4-3-21(29-2)14-22(24)28)7-8-34(16)27-30-6-5-23(31-27)26(35)32-25-19-10-17-9-18(12-19)13-20(25)11-17/h3-6,14,16-20,25H,7-13,15H2,1H3,(H,32,35)/t16-,17?,18?,19?,20?,25?/m1/s1. The Labute approximate surface area is 205 Å². The molecule has 0 radical (unpaired) electrons. The molecule has 2 heterocycles. The van der Waals surface area contributed by atoms with Crippen molar-refractivity contribution in [3.05, 3.63) is 53.4 Å². The molecule has 4 saturated carbocycles. The number of nitrogens with zero attached hydrogens (tertiary/aromatic N) is 5. The van der Waals surface area contributed by atoms with Gasteiger partial charge in [0.25, 0.3) is 5.91 Å². The van der Waals surface area contributed by atoms with Crippen molar-refractivity contribution in [2.75, 3.05) is 29.4 Å². The summed E-state index contributed by atoms with van der Waals surface area (Å²) in [5.41, 5.74) is 1.22. The van der Waals surface area contributed by atoms with Gasteiger partial charge in [0, 0.05) is 37.9 Å². The summed E-state index contributed by atoms with van der Waals surface area (Å²) in [4.78, 5) is 29.7. The number of rotatable bonds is 4. The van der Waals surface area contributed by atoms with Gasteiger partial charge in [-0.1, -0.05) is 6.07 Å². The predicted molar refractivity (Wildman–Crippen MR) is 132 cm³/mol. The number of hydrogen-bond acceptors (Lipinski definition) is 5. The van der Waals surface area contributed by atoms with E-state index in [1.807, 2.05) is 4.90 Å². The second-order valence-electron chi connectivity index (χ2n) is 10.9. The van der Waals surface area contributed by atoms with Crippen LogP contribution in [0.1, 0.15) is 49.5 Å². The molecule has 2 aromatic rings. The van der Waals surface area contributed by atoms with Gasteiger partial charge in [-0.3, -0.25) is 4.79 Å². The van der Waals surface area contributed by atoms with Crippen LogP contribution in [-0.4, -0.2) is 47.6 Å². The molecule has 1 saturated heterocycles. The fraction of sp³-hybridized carbons (Fsp3) is 0.556. The summed E-state index contributed by atoms with van der Waals surface area (Å²) in [5, 5.41) is 3.35. The van der Waals surface area contributed by atoms with Crippen LogP contribution >= 0.6 is 0 Å². The highest BCUT2D eigenvalue weighted by Crippen LogP contribution is 2.53. The Morgan fingerprint density at radius 2 is 1.86 bits per heavy atom. The van der Waals surface area contributed by atoms with Crippen LogP contribution in [0.3, 0.4) is 0 Å². The fourth-order valence-electron chi connectivity index (χ4n) is 7.29. The first kappa shape index (κ1) is 22.3. The monoisotopic (exact) mass is 474 g/mol. The first-order chi connectivity index (χ1) is 17.0. The van der Waals surface area contributed by atoms with Crippen LogP contribution in [0.2, 0.25) is 0 Å². The van der Waals surface area contributed by atoms with Gasteiger partial charge in [-0.15, -0.1) is 0 Å². The first-order valence-corrected chi connectivity index (χ1v) is 12.8. The van der Waals surface area contributed by atoms with E-state index >= 15 is 0 Å². The third-order valence-electron chi connectivity index (χ3n) is 8.69. The van der Waals surface area contributed by atoms with Crippen LogP contribution in [0.4, 0.5) is 21.7 Å². The van der Waals surface area contributed by atoms with E-state index in [1.165, 1.54) is 38.2 Å². The molecule has 4 aliphatic carbocycles. The van der Waals surface area contributed by atoms with Crippen LogP contribution in [0, 0.1) is 36.1 Å². The molecular formula is C27H31FN6O. The molecule has 1 aromatic carbocycles. The molecule has 1 aliphatic heterocycles. The summed E-state index contributed by atoms with van der Waals surface area (Å²) in [6.45, 7) is 10.9. The number of carbonyl (C=O) groups excluding carboxylic acids is 1. The van der Waals surface area contributed by atoms with Crippen LogP contribution in [0.15, 0.2) is 30.5 Å². The SMILES string of the molecule is [C-]#[N+]c1ccc(N2CCN(c3nccc(C(=O)NC4C5CC6CC(C5)CC4C6)n3)[C@H](C)C2)c(F)c1. The zero-order valence-corrected chi connectivity index (χ0v) is 20.0. The highest BCUT2D eigenvalue weighted by atomic mass is 19.1. The molecular weight excluding hydrogens is 443 g/mol. The third-order valence-corrected chi connectivity index (χ3v) is 8.69. The number of piperazine rings is 1. The molecule has 1 atom stereocenters. The minimum atomic E-state index is -0.376. The van der Waals surface area contributed by atoms with Crippen molar-refractivity contribution in [2.45, 2.75) is 51.1 Å². The van der Waals surface area contributed by atoms with Crippen LogP contribution < -0.4 is 15.1 Å². The van der Waals surface area contributed by atoms with Crippen molar-refractivity contribution in [1.82, 2.24) is 15.3 Å². The molecule has 182 valence electrons. The fourth-order valence-corrected chi connectivity index (χ4v) is 7.29. The number of anilines is 2. The topological polar surface area (TPSA) is 65.7 Å². The van der Waals surface area contributed by atoms with E-state index in [4.69, 9.17) is 6.57 Å². The molecule has 8 heteroatoms. The van der Waals surface area contributed by atoms with Gasteiger partial charge in [0.1, 0.15) is 11.5 Å². The number of hydrogen-bond donors (Lipinski definition) is 1. The molecule has 0 spiro atoms. The molecule has 1 N–H and O–H groups in total. The van der Waals surface area contributed by atoms with E-state index in [9.17, 15) is 9.18 Å². The number of halogens is 1. The zero-order chi connectivity index (χ0) is 24.1. The molecule has 7 rings (SSSR count). The lowest BCUT2D eigenvalue weighted by atomic mass is 9.54. The van der Waals surface area contributed by atoms with Crippen LogP contribution in [-0.2, 0) is 0 Å². The van der Waals surface area contributed by atoms with Crippen LogP contribution in [0.25, 0.3) is 4.85 Å². The summed E-state index contributed by atoms with van der Waals surface area (Å²) in [5.74, 6) is 3.05. The van der Waals surface area contributed by atoms with E-state index in [0.717, 1.165) is 11.8 Å². The Balaban J connectivity index is 1.13. The smallest absolute Gasteiger partial charge is 0.270 e. The molecule has 7 nitrogen and oxygen atoms in total. The van der Waals surface area contributed by atoms with Crippen molar-refractivity contribution >= 4 is 23.2 Å². The Morgan fingerprint density at radius 3 is 2.51 bits per heavy atom. The van der Waals surface area contributed by atoms with E-state index in [2.05, 4.69) is 32.0 Å². The highest BCUT2D eigenvalue weighted by molar-refractivity contribution is 5.92. The molecule has 1 aromatic heterocycles. The molecule has 4 bridgehead atoms. The molecule has 5 aliphatic rings. The van der Waals surface area contributed by atoms with Gasteiger partial charge in [-0.05, 0) is 80.9 Å². The molecule has 35 heavy (non-hydrogen) atoms. The van der Waals surface area contributed by atoms with Crippen molar-refractivity contribution in [2.24, 2.45) is 23.7 Å². The molecule has 1 amide bonds. The maximum atomic E-state index is 14.5. The van der Waals surface area contributed by atoms with E-state index < -0.39 is 0 Å². The van der Waals surface area contributed by atoms with Gasteiger partial charge in [0.15, 0.2) is 5.69 Å². The second-order valence-corrected chi connectivity index (χ2v) is 10.9. The Bertz CT molecular complexity index is 1150. The minimum absolute atomic E-state index is 0.0337. The van der Waals surface area contributed by atoms with E-state index in [1.54, 1.807) is 24.4 Å². The van der Waals surface area contributed by atoms with Gasteiger partial charge < -0.3 is 15.1 Å². The summed E-state index contributed by atoms with van der Waals surface area (Å²) in [6.07, 6.45) is 8.10. The van der Waals surface area contributed by atoms with Gasteiger partial charge in [-0.2, -0.15) is 0 Å². The number of carbonyl (C=O) groups is 1. The molecule has 5 fully saturated rings. The van der Waals surface area contributed by atoms with Gasteiger partial charge in [0.2, 0.25) is 5.95 Å². The number of amides is 1. The summed E-state index contributed by atoms with van der Waals surface area (Å²) < 4.78 is 14.5. The van der Waals surface area contributed by atoms with Crippen molar-refractivity contribution in [3.8, 4) is 0 Å². The summed E-state index contributed by atoms with van der Waals surface area (Å²) in [6, 6.07) is 6.62. The Morgan fingerprint density at radius 1 is 1.11 bits per heavy atom. The number of aromatic nitrogens is 2. The maximum Gasteiger partial charge on any atom is 0.270 e. The summed E-state index contributed by atoms with van der Waals surface area (Å²) in [7, 11) is 0. The maximum absolute atomic E-state index is 14.5. The molecule has 0 unspecified atom stereocenters. The third kappa shape index (κ3) is 4.11. The van der Waals surface area contributed by atoms with E-state index in [-0.39, 0.29) is 23.8 Å². The lowest BCUT2D eigenvalue weighted by Crippen LogP contribution is -2.56. The second kappa shape index (κ2) is 8.78. The van der Waals surface area contributed by atoms with Gasteiger partial charge >= 0.3 is 0 Å².